The van der Waals surface area contributed by atoms with Crippen LogP contribution >= 0.6 is 0 Å². The van der Waals surface area contributed by atoms with Gasteiger partial charge in [0, 0.05) is 25.0 Å². The van der Waals surface area contributed by atoms with Crippen LogP contribution in [0.1, 0.15) is 34.5 Å². The molecule has 0 aliphatic heterocycles. The molecule has 7 nitrogen and oxygen atoms in total. The molecule has 0 fully saturated rings. The Morgan fingerprint density at radius 2 is 1.79 bits per heavy atom. The molecule has 166 valence electrons. The first-order chi connectivity index (χ1) is 16.0. The average Bonchev–Trinajstić information content (AvgIpc) is 2.86. The van der Waals surface area contributed by atoms with E-state index in [9.17, 15) is 4.79 Å². The van der Waals surface area contributed by atoms with E-state index in [4.69, 9.17) is 4.74 Å². The third-order valence-corrected chi connectivity index (χ3v) is 5.23. The number of carbonyl (C=O) groups is 1. The van der Waals surface area contributed by atoms with Crippen molar-refractivity contribution in [1.82, 2.24) is 20.3 Å². The molecule has 0 radical (unpaired) electrons. The van der Waals surface area contributed by atoms with Gasteiger partial charge in [0.05, 0.1) is 17.3 Å². The molecule has 2 N–H and O–H groups in total. The lowest BCUT2D eigenvalue weighted by Crippen LogP contribution is -2.26. The Kier molecular flexibility index (Phi) is 6.59. The van der Waals surface area contributed by atoms with Crippen LogP contribution in [0.3, 0.4) is 0 Å². The van der Waals surface area contributed by atoms with E-state index < -0.39 is 0 Å². The molecule has 4 aromatic rings. The Morgan fingerprint density at radius 3 is 2.58 bits per heavy atom. The van der Waals surface area contributed by atoms with Gasteiger partial charge in [-0.1, -0.05) is 36.4 Å². The van der Waals surface area contributed by atoms with E-state index >= 15 is 0 Å². The van der Waals surface area contributed by atoms with Crippen LogP contribution in [0.4, 0.5) is 5.95 Å². The number of aromatic nitrogens is 3. The number of rotatable bonds is 7. The van der Waals surface area contributed by atoms with Crippen LogP contribution in [0.25, 0.3) is 11.3 Å². The van der Waals surface area contributed by atoms with Crippen LogP contribution < -0.4 is 15.4 Å². The first-order valence-corrected chi connectivity index (χ1v) is 10.7. The van der Waals surface area contributed by atoms with E-state index in [1.165, 1.54) is 0 Å². The van der Waals surface area contributed by atoms with E-state index in [1.807, 2.05) is 62.4 Å². The van der Waals surface area contributed by atoms with Gasteiger partial charge in [-0.05, 0) is 55.3 Å². The summed E-state index contributed by atoms with van der Waals surface area (Å²) in [5.74, 6) is 1.28. The number of hydrogen-bond donors (Lipinski definition) is 2. The highest BCUT2D eigenvalue weighted by Gasteiger charge is 2.16. The quantitative estimate of drug-likeness (QED) is 0.413. The van der Waals surface area contributed by atoms with E-state index in [0.29, 0.717) is 28.8 Å². The molecule has 0 bridgehead atoms. The molecule has 0 unspecified atom stereocenters. The number of ether oxygens (including phenoxy) is 1. The molecule has 0 aliphatic rings. The number of anilines is 1. The van der Waals surface area contributed by atoms with Crippen LogP contribution in [0.2, 0.25) is 0 Å². The fraction of sp³-hybridized carbons (Fsp3) is 0.154. The van der Waals surface area contributed by atoms with Gasteiger partial charge in [0.2, 0.25) is 11.8 Å². The van der Waals surface area contributed by atoms with Crippen LogP contribution in [0.15, 0.2) is 79.1 Å². The fourth-order valence-electron chi connectivity index (χ4n) is 3.36. The van der Waals surface area contributed by atoms with Crippen molar-refractivity contribution in [3.63, 3.8) is 0 Å². The molecule has 2 aromatic heterocycles. The van der Waals surface area contributed by atoms with Crippen molar-refractivity contribution in [2.24, 2.45) is 0 Å². The van der Waals surface area contributed by atoms with Gasteiger partial charge in [-0.25, -0.2) is 15.0 Å². The second kappa shape index (κ2) is 9.91. The summed E-state index contributed by atoms with van der Waals surface area (Å²) in [4.78, 5) is 25.9. The Morgan fingerprint density at radius 1 is 0.970 bits per heavy atom. The number of pyridine rings is 1. The second-order valence-corrected chi connectivity index (χ2v) is 7.56. The predicted molar refractivity (Wildman–Crippen MR) is 128 cm³/mol. The summed E-state index contributed by atoms with van der Waals surface area (Å²) >= 11 is 0. The minimum atomic E-state index is -0.174. The summed E-state index contributed by atoms with van der Waals surface area (Å²) in [7, 11) is 1.76. The van der Waals surface area contributed by atoms with Crippen LogP contribution in [-0.4, -0.2) is 27.9 Å². The summed E-state index contributed by atoms with van der Waals surface area (Å²) in [6.07, 6.45) is 3.33. The van der Waals surface area contributed by atoms with Crippen molar-refractivity contribution in [2.45, 2.75) is 19.9 Å². The van der Waals surface area contributed by atoms with Gasteiger partial charge < -0.3 is 15.4 Å². The molecular weight excluding hydrogens is 414 g/mol. The van der Waals surface area contributed by atoms with Crippen molar-refractivity contribution in [3.8, 4) is 22.9 Å². The molecule has 1 atom stereocenters. The van der Waals surface area contributed by atoms with Crippen molar-refractivity contribution >= 4 is 11.9 Å². The number of nitrogens with zero attached hydrogens (tertiary/aromatic N) is 3. The highest BCUT2D eigenvalue weighted by molar-refractivity contribution is 5.95. The van der Waals surface area contributed by atoms with Crippen LogP contribution in [0.5, 0.6) is 11.6 Å². The fourth-order valence-corrected chi connectivity index (χ4v) is 3.36. The molecule has 7 heteroatoms. The topological polar surface area (TPSA) is 89.0 Å². The van der Waals surface area contributed by atoms with Crippen molar-refractivity contribution in [1.29, 1.82) is 0 Å². The Labute approximate surface area is 192 Å². The molecule has 33 heavy (non-hydrogen) atoms. The number of benzene rings is 2. The Bertz CT molecular complexity index is 1260. The van der Waals surface area contributed by atoms with Gasteiger partial charge in [-0.15, -0.1) is 0 Å². The minimum absolute atomic E-state index is 0.120. The molecule has 0 spiro atoms. The van der Waals surface area contributed by atoms with Gasteiger partial charge >= 0.3 is 0 Å². The van der Waals surface area contributed by atoms with Crippen molar-refractivity contribution in [3.05, 3.63) is 95.8 Å². The standard InChI is InChI=1S/C26H25N5O2/c1-17-11-12-20(24(32)30-18(2)19-8-5-4-6-9-19)16-23(17)33-25-21(10-7-14-28-25)22-13-15-29-26(27-3)31-22/h4-16,18H,1-3H3,(H,30,32)(H,27,29,31)/t18-/m1/s1. The first-order valence-electron chi connectivity index (χ1n) is 10.7. The molecule has 1 amide bonds. The molecule has 2 heterocycles. The third kappa shape index (κ3) is 5.15. The van der Waals surface area contributed by atoms with Crippen LogP contribution in [0, 0.1) is 6.92 Å². The maximum absolute atomic E-state index is 12.9. The Hall–Kier alpha value is -4.26. The highest BCUT2D eigenvalue weighted by Crippen LogP contribution is 2.32. The summed E-state index contributed by atoms with van der Waals surface area (Å²) in [6.45, 7) is 3.89. The normalized spacial score (nSPS) is 11.5. The number of aryl methyl sites for hydroxylation is 1. The lowest BCUT2D eigenvalue weighted by molar-refractivity contribution is 0.0939. The number of hydrogen-bond acceptors (Lipinski definition) is 6. The zero-order valence-electron chi connectivity index (χ0n) is 18.7. The largest absolute Gasteiger partial charge is 0.438 e. The molecule has 0 saturated heterocycles. The number of carbonyl (C=O) groups excluding carboxylic acids is 1. The summed E-state index contributed by atoms with van der Waals surface area (Å²) in [6, 6.07) is 20.6. The molecule has 4 rings (SSSR count). The molecule has 0 saturated carbocycles. The van der Waals surface area contributed by atoms with E-state index in [2.05, 4.69) is 25.6 Å². The smallest absolute Gasteiger partial charge is 0.251 e. The number of amides is 1. The summed E-state index contributed by atoms with van der Waals surface area (Å²) in [5, 5.41) is 5.97. The Balaban J connectivity index is 1.59. The SMILES string of the molecule is CNc1nccc(-c2cccnc2Oc2cc(C(=O)N[C@H](C)c3ccccc3)ccc2C)n1. The van der Waals surface area contributed by atoms with E-state index in [-0.39, 0.29) is 11.9 Å². The van der Waals surface area contributed by atoms with Crippen LogP contribution in [-0.2, 0) is 0 Å². The molecule has 0 aliphatic carbocycles. The van der Waals surface area contributed by atoms with Gasteiger partial charge in [0.25, 0.3) is 5.91 Å². The lowest BCUT2D eigenvalue weighted by atomic mass is 10.1. The zero-order chi connectivity index (χ0) is 23.2. The first kappa shape index (κ1) is 22.0. The zero-order valence-corrected chi connectivity index (χ0v) is 18.7. The monoisotopic (exact) mass is 439 g/mol. The number of nitrogens with one attached hydrogen (secondary N) is 2. The van der Waals surface area contributed by atoms with Gasteiger partial charge in [-0.2, -0.15) is 0 Å². The van der Waals surface area contributed by atoms with Crippen molar-refractivity contribution in [2.75, 3.05) is 12.4 Å². The summed E-state index contributed by atoms with van der Waals surface area (Å²) < 4.78 is 6.18. The summed E-state index contributed by atoms with van der Waals surface area (Å²) in [5.41, 5.74) is 3.84. The van der Waals surface area contributed by atoms with Gasteiger partial charge in [0.1, 0.15) is 5.75 Å². The third-order valence-electron chi connectivity index (χ3n) is 5.23. The maximum atomic E-state index is 12.9. The van der Waals surface area contributed by atoms with E-state index in [0.717, 1.165) is 16.7 Å². The molecule has 2 aromatic carbocycles. The lowest BCUT2D eigenvalue weighted by Gasteiger charge is -2.16. The van der Waals surface area contributed by atoms with E-state index in [1.54, 1.807) is 37.6 Å². The predicted octanol–water partition coefficient (Wildman–Crippen LogP) is 5.17. The minimum Gasteiger partial charge on any atom is -0.438 e. The maximum Gasteiger partial charge on any atom is 0.251 e. The second-order valence-electron chi connectivity index (χ2n) is 7.56. The van der Waals surface area contributed by atoms with Gasteiger partial charge in [-0.3, -0.25) is 4.79 Å². The van der Waals surface area contributed by atoms with Crippen molar-refractivity contribution < 1.29 is 9.53 Å². The van der Waals surface area contributed by atoms with Gasteiger partial charge in [0.15, 0.2) is 0 Å². The molecular formula is C26H25N5O2. The average molecular weight is 440 g/mol. The highest BCUT2D eigenvalue weighted by atomic mass is 16.5.